The number of amides is 2. The van der Waals surface area contributed by atoms with Gasteiger partial charge in [-0.05, 0) is 52.9 Å². The number of carbonyl (C=O) groups is 2. The second kappa shape index (κ2) is 13.5. The van der Waals surface area contributed by atoms with Gasteiger partial charge < -0.3 is 15.0 Å². The van der Waals surface area contributed by atoms with Crippen LogP contribution in [-0.4, -0.2) is 30.4 Å². The van der Waals surface area contributed by atoms with Crippen molar-refractivity contribution in [2.24, 2.45) is 0 Å². The molecule has 4 rings (SSSR count). The van der Waals surface area contributed by atoms with Crippen molar-refractivity contribution in [3.8, 4) is 5.75 Å². The van der Waals surface area contributed by atoms with Crippen molar-refractivity contribution < 1.29 is 14.3 Å². The Morgan fingerprint density at radius 1 is 0.789 bits per heavy atom. The molecule has 4 aromatic carbocycles. The molecule has 0 aliphatic carbocycles. The van der Waals surface area contributed by atoms with E-state index in [0.717, 1.165) is 28.0 Å². The van der Waals surface area contributed by atoms with Crippen molar-refractivity contribution >= 4 is 23.4 Å². The van der Waals surface area contributed by atoms with Gasteiger partial charge in [-0.2, -0.15) is 0 Å². The van der Waals surface area contributed by atoms with Crippen LogP contribution in [0.1, 0.15) is 28.3 Å². The van der Waals surface area contributed by atoms with E-state index in [0.29, 0.717) is 18.0 Å². The Kier molecular flexibility index (Phi) is 9.54. The molecule has 4 aromatic rings. The van der Waals surface area contributed by atoms with Gasteiger partial charge in [-0.3, -0.25) is 9.59 Å². The van der Waals surface area contributed by atoms with Gasteiger partial charge in [-0.15, -0.1) is 0 Å². The number of carbonyl (C=O) groups excluding carboxylic acids is 2. The third kappa shape index (κ3) is 7.46. The lowest BCUT2D eigenvalue weighted by Gasteiger charge is -2.32. The molecule has 0 saturated heterocycles. The molecule has 0 bridgehead atoms. The highest BCUT2D eigenvalue weighted by molar-refractivity contribution is 6.30. The number of nitrogens with one attached hydrogen (secondary N) is 1. The molecule has 0 radical (unpaired) electrons. The molecule has 1 atom stereocenters. The second-order valence-corrected chi connectivity index (χ2v) is 9.45. The van der Waals surface area contributed by atoms with Crippen molar-refractivity contribution in [1.82, 2.24) is 10.2 Å². The van der Waals surface area contributed by atoms with E-state index in [2.05, 4.69) is 5.32 Å². The van der Waals surface area contributed by atoms with Gasteiger partial charge in [-0.1, -0.05) is 96.5 Å². The lowest BCUT2D eigenvalue weighted by atomic mass is 10.0. The Labute approximate surface area is 229 Å². The fourth-order valence-electron chi connectivity index (χ4n) is 4.31. The molecule has 0 aliphatic rings. The molecule has 0 fully saturated rings. The predicted molar refractivity (Wildman–Crippen MR) is 151 cm³/mol. The summed E-state index contributed by atoms with van der Waals surface area (Å²) in [7, 11) is 1.63. The topological polar surface area (TPSA) is 58.6 Å². The maximum absolute atomic E-state index is 13.8. The molecule has 1 N–H and O–H groups in total. The molecule has 38 heavy (non-hydrogen) atoms. The van der Waals surface area contributed by atoms with Crippen LogP contribution in [-0.2, 0) is 29.0 Å². The fraction of sp³-hybridized carbons (Fsp3) is 0.188. The number of halogens is 1. The number of benzene rings is 4. The highest BCUT2D eigenvalue weighted by Gasteiger charge is 2.31. The number of methoxy groups -OCH3 is 1. The van der Waals surface area contributed by atoms with Crippen molar-refractivity contribution in [1.29, 1.82) is 0 Å². The number of hydrogen-bond donors (Lipinski definition) is 1. The molecular formula is C32H31ClN2O3. The van der Waals surface area contributed by atoms with Gasteiger partial charge in [0.25, 0.3) is 0 Å². The normalized spacial score (nSPS) is 11.4. The number of ether oxygens (including phenoxy) is 1. The smallest absolute Gasteiger partial charge is 0.247 e. The van der Waals surface area contributed by atoms with E-state index in [1.165, 1.54) is 0 Å². The van der Waals surface area contributed by atoms with Crippen LogP contribution in [0.5, 0.6) is 5.75 Å². The average Bonchev–Trinajstić information content (AvgIpc) is 2.95. The van der Waals surface area contributed by atoms with Crippen molar-refractivity contribution in [2.45, 2.75) is 25.4 Å². The van der Waals surface area contributed by atoms with Crippen LogP contribution in [0.15, 0.2) is 109 Å². The summed E-state index contributed by atoms with van der Waals surface area (Å²) in [6.07, 6.45) is 0.850. The van der Waals surface area contributed by atoms with Crippen LogP contribution in [0.4, 0.5) is 0 Å². The van der Waals surface area contributed by atoms with Crippen LogP contribution < -0.4 is 10.1 Å². The first-order valence-corrected chi connectivity index (χ1v) is 12.9. The molecule has 6 heteroatoms. The van der Waals surface area contributed by atoms with Crippen molar-refractivity contribution in [3.05, 3.63) is 136 Å². The second-order valence-electron chi connectivity index (χ2n) is 9.01. The number of rotatable bonds is 11. The van der Waals surface area contributed by atoms with Gasteiger partial charge in [-0.25, -0.2) is 0 Å². The zero-order valence-corrected chi connectivity index (χ0v) is 22.1. The fourth-order valence-corrected chi connectivity index (χ4v) is 4.44. The SMILES string of the molecule is COc1ccc(CCNC(=O)C(c2ccccc2)N(Cc2ccc(Cl)cc2)C(=O)Cc2ccccc2)cc1. The van der Waals surface area contributed by atoms with Crippen LogP contribution in [0, 0.1) is 0 Å². The first-order valence-electron chi connectivity index (χ1n) is 12.6. The van der Waals surface area contributed by atoms with Gasteiger partial charge >= 0.3 is 0 Å². The van der Waals surface area contributed by atoms with E-state index < -0.39 is 6.04 Å². The summed E-state index contributed by atoms with van der Waals surface area (Å²) in [4.78, 5) is 29.2. The largest absolute Gasteiger partial charge is 0.497 e. The van der Waals surface area contributed by atoms with E-state index in [4.69, 9.17) is 16.3 Å². The number of nitrogens with zero attached hydrogens (tertiary/aromatic N) is 1. The molecule has 0 spiro atoms. The lowest BCUT2D eigenvalue weighted by Crippen LogP contribution is -2.44. The third-order valence-corrected chi connectivity index (χ3v) is 6.58. The highest BCUT2D eigenvalue weighted by atomic mass is 35.5. The Bertz CT molecular complexity index is 1310. The quantitative estimate of drug-likeness (QED) is 0.260. The monoisotopic (exact) mass is 526 g/mol. The summed E-state index contributed by atoms with van der Waals surface area (Å²) < 4.78 is 5.22. The average molecular weight is 527 g/mol. The standard InChI is InChI=1S/C32H31ClN2O3/c1-38-29-18-14-24(15-19-29)20-21-34-32(37)31(27-10-6-3-7-11-27)35(23-26-12-16-28(33)17-13-26)30(36)22-25-8-4-2-5-9-25/h2-19,31H,20-23H2,1H3,(H,34,37). The first-order chi connectivity index (χ1) is 18.5. The first kappa shape index (κ1) is 27.0. The van der Waals surface area contributed by atoms with Crippen LogP contribution >= 0.6 is 11.6 Å². The van der Waals surface area contributed by atoms with Gasteiger partial charge in [0.1, 0.15) is 11.8 Å². The van der Waals surface area contributed by atoms with E-state index in [9.17, 15) is 9.59 Å². The molecule has 0 aromatic heterocycles. The Morgan fingerprint density at radius 3 is 2.03 bits per heavy atom. The van der Waals surface area contributed by atoms with Crippen LogP contribution in [0.3, 0.4) is 0 Å². The van der Waals surface area contributed by atoms with E-state index >= 15 is 0 Å². The third-order valence-electron chi connectivity index (χ3n) is 6.33. The lowest BCUT2D eigenvalue weighted by molar-refractivity contribution is -0.141. The minimum absolute atomic E-state index is 0.134. The zero-order valence-electron chi connectivity index (χ0n) is 21.3. The molecule has 194 valence electrons. The maximum atomic E-state index is 13.8. The van der Waals surface area contributed by atoms with Crippen molar-refractivity contribution in [2.75, 3.05) is 13.7 Å². The molecular weight excluding hydrogens is 496 g/mol. The Balaban J connectivity index is 1.59. The zero-order chi connectivity index (χ0) is 26.7. The molecule has 0 aliphatic heterocycles. The van der Waals surface area contributed by atoms with Gasteiger partial charge in [0.2, 0.25) is 11.8 Å². The molecule has 0 heterocycles. The summed E-state index contributed by atoms with van der Waals surface area (Å²) in [6, 6.07) is 33.4. The summed E-state index contributed by atoms with van der Waals surface area (Å²) in [5.41, 5.74) is 3.62. The summed E-state index contributed by atoms with van der Waals surface area (Å²) in [5.74, 6) is 0.432. The van der Waals surface area contributed by atoms with Crippen LogP contribution in [0.2, 0.25) is 5.02 Å². The summed E-state index contributed by atoms with van der Waals surface area (Å²) in [5, 5.41) is 3.68. The minimum atomic E-state index is -0.793. The summed E-state index contributed by atoms with van der Waals surface area (Å²) in [6.45, 7) is 0.713. The van der Waals surface area contributed by atoms with Crippen LogP contribution in [0.25, 0.3) is 0 Å². The van der Waals surface area contributed by atoms with Gasteiger partial charge in [0.05, 0.1) is 13.5 Å². The number of hydrogen-bond acceptors (Lipinski definition) is 3. The van der Waals surface area contributed by atoms with Gasteiger partial charge in [0, 0.05) is 18.1 Å². The minimum Gasteiger partial charge on any atom is -0.497 e. The predicted octanol–water partition coefficient (Wildman–Crippen LogP) is 6.02. The summed E-state index contributed by atoms with van der Waals surface area (Å²) >= 11 is 6.10. The van der Waals surface area contributed by atoms with E-state index in [-0.39, 0.29) is 24.8 Å². The molecule has 1 unspecified atom stereocenters. The molecule has 0 saturated carbocycles. The highest BCUT2D eigenvalue weighted by Crippen LogP contribution is 2.25. The van der Waals surface area contributed by atoms with E-state index in [1.54, 1.807) is 24.1 Å². The maximum Gasteiger partial charge on any atom is 0.247 e. The Hall–Kier alpha value is -4.09. The van der Waals surface area contributed by atoms with Gasteiger partial charge in [0.15, 0.2) is 0 Å². The van der Waals surface area contributed by atoms with Crippen molar-refractivity contribution in [3.63, 3.8) is 0 Å². The molecule has 2 amide bonds. The van der Waals surface area contributed by atoms with E-state index in [1.807, 2.05) is 97.1 Å². The Morgan fingerprint density at radius 2 is 1.39 bits per heavy atom. The molecule has 5 nitrogen and oxygen atoms in total.